The van der Waals surface area contributed by atoms with E-state index in [4.69, 9.17) is 10.4 Å². The summed E-state index contributed by atoms with van der Waals surface area (Å²) in [6.07, 6.45) is 0. The van der Waals surface area contributed by atoms with Gasteiger partial charge in [-0.3, -0.25) is 0 Å². The number of aromatic carboxylic acids is 1. The van der Waals surface area contributed by atoms with Crippen LogP contribution in [0.2, 0.25) is 0 Å². The number of hydrogen-bond donors (Lipinski definition) is 2. The third kappa shape index (κ3) is 1.82. The molecule has 0 fully saturated rings. The second-order valence-electron chi connectivity index (χ2n) is 2.60. The van der Waals surface area contributed by atoms with Crippen LogP contribution in [0.3, 0.4) is 0 Å². The lowest BCUT2D eigenvalue weighted by Gasteiger charge is -2.02. The van der Waals surface area contributed by atoms with E-state index in [1.165, 1.54) is 6.07 Å². The second kappa shape index (κ2) is 3.50. The lowest BCUT2D eigenvalue weighted by Crippen LogP contribution is -2.00. The minimum absolute atomic E-state index is 0.148. The molecule has 0 amide bonds. The number of carboxylic acid groups (broad SMARTS) is 1. The van der Waals surface area contributed by atoms with Crippen LogP contribution in [0.1, 0.15) is 21.5 Å². The maximum atomic E-state index is 10.7. The number of benzene rings is 1. The lowest BCUT2D eigenvalue weighted by molar-refractivity contribution is 0.0696. The Morgan fingerprint density at radius 2 is 2.23 bits per heavy atom. The van der Waals surface area contributed by atoms with Gasteiger partial charge in [0.25, 0.3) is 0 Å². The zero-order valence-electron chi connectivity index (χ0n) is 6.90. The maximum Gasteiger partial charge on any atom is 0.335 e. The minimum atomic E-state index is -1.03. The highest BCUT2D eigenvalue weighted by molar-refractivity contribution is 7.80. The van der Waals surface area contributed by atoms with Crippen molar-refractivity contribution in [2.75, 3.05) is 0 Å². The molecule has 0 aliphatic rings. The highest BCUT2D eigenvalue weighted by Gasteiger charge is 2.10. The van der Waals surface area contributed by atoms with Gasteiger partial charge in [-0.05, 0) is 24.6 Å². The van der Waals surface area contributed by atoms with Crippen LogP contribution in [-0.2, 0) is 0 Å². The molecule has 66 valence electrons. The van der Waals surface area contributed by atoms with Gasteiger partial charge in [0.1, 0.15) is 6.07 Å². The predicted molar refractivity (Wildman–Crippen MR) is 50.1 cm³/mol. The number of thiol groups is 1. The van der Waals surface area contributed by atoms with Crippen molar-refractivity contribution < 1.29 is 9.90 Å². The van der Waals surface area contributed by atoms with E-state index in [0.717, 1.165) is 0 Å². The molecule has 0 saturated carbocycles. The van der Waals surface area contributed by atoms with Crippen molar-refractivity contribution in [3.63, 3.8) is 0 Å². The third-order valence-corrected chi connectivity index (χ3v) is 2.06. The average Bonchev–Trinajstić information content (AvgIpc) is 2.03. The maximum absolute atomic E-state index is 10.7. The zero-order chi connectivity index (χ0) is 10.0. The Labute approximate surface area is 81.0 Å². The van der Waals surface area contributed by atoms with Crippen molar-refractivity contribution in [3.8, 4) is 6.07 Å². The number of aryl methyl sites for hydroxylation is 1. The fourth-order valence-electron chi connectivity index (χ4n) is 1.01. The summed E-state index contributed by atoms with van der Waals surface area (Å²) in [6, 6.07) is 4.79. The monoisotopic (exact) mass is 193 g/mol. The van der Waals surface area contributed by atoms with Crippen LogP contribution >= 0.6 is 12.6 Å². The summed E-state index contributed by atoms with van der Waals surface area (Å²) < 4.78 is 0. The van der Waals surface area contributed by atoms with E-state index in [-0.39, 0.29) is 11.1 Å². The van der Waals surface area contributed by atoms with E-state index in [0.29, 0.717) is 10.5 Å². The molecule has 0 bridgehead atoms. The number of hydrogen-bond acceptors (Lipinski definition) is 3. The molecule has 0 saturated heterocycles. The Kier molecular flexibility index (Phi) is 2.59. The Bertz CT molecular complexity index is 407. The van der Waals surface area contributed by atoms with Gasteiger partial charge in [0.05, 0.1) is 11.1 Å². The SMILES string of the molecule is Cc1cc(S)c(C#N)cc1C(=O)O. The van der Waals surface area contributed by atoms with Gasteiger partial charge in [-0.15, -0.1) is 12.6 Å². The molecular weight excluding hydrogens is 186 g/mol. The van der Waals surface area contributed by atoms with Crippen LogP contribution in [0, 0.1) is 18.3 Å². The standard InChI is InChI=1S/C9H7NO2S/c1-5-2-8(13)6(4-10)3-7(5)9(11)12/h2-3,13H,1H3,(H,11,12). The fraction of sp³-hybridized carbons (Fsp3) is 0.111. The van der Waals surface area contributed by atoms with Gasteiger partial charge < -0.3 is 5.11 Å². The van der Waals surface area contributed by atoms with Gasteiger partial charge in [-0.1, -0.05) is 0 Å². The largest absolute Gasteiger partial charge is 0.478 e. The summed E-state index contributed by atoms with van der Waals surface area (Å²) in [4.78, 5) is 11.2. The van der Waals surface area contributed by atoms with Crippen LogP contribution in [0.25, 0.3) is 0 Å². The molecular formula is C9H7NO2S. The summed E-state index contributed by atoms with van der Waals surface area (Å²) in [6.45, 7) is 1.67. The minimum Gasteiger partial charge on any atom is -0.478 e. The molecule has 1 aromatic carbocycles. The molecule has 1 aromatic rings. The summed E-state index contributed by atoms with van der Waals surface area (Å²) in [7, 11) is 0. The Morgan fingerprint density at radius 3 is 2.69 bits per heavy atom. The van der Waals surface area contributed by atoms with E-state index in [9.17, 15) is 4.79 Å². The molecule has 0 unspecified atom stereocenters. The predicted octanol–water partition coefficient (Wildman–Crippen LogP) is 1.85. The van der Waals surface area contributed by atoms with Gasteiger partial charge in [0.15, 0.2) is 0 Å². The van der Waals surface area contributed by atoms with Crippen molar-refractivity contribution in [2.45, 2.75) is 11.8 Å². The number of nitriles is 1. The van der Waals surface area contributed by atoms with Crippen LogP contribution in [0.5, 0.6) is 0 Å². The molecule has 1 N–H and O–H groups in total. The average molecular weight is 193 g/mol. The molecule has 3 nitrogen and oxygen atoms in total. The molecule has 0 radical (unpaired) electrons. The van der Waals surface area contributed by atoms with Crippen molar-refractivity contribution in [3.05, 3.63) is 28.8 Å². The van der Waals surface area contributed by atoms with Crippen LogP contribution in [0.15, 0.2) is 17.0 Å². The first kappa shape index (κ1) is 9.62. The van der Waals surface area contributed by atoms with Crippen LogP contribution in [0.4, 0.5) is 0 Å². The molecule has 0 heterocycles. The highest BCUT2D eigenvalue weighted by atomic mass is 32.1. The van der Waals surface area contributed by atoms with Crippen molar-refractivity contribution >= 4 is 18.6 Å². The molecule has 0 aliphatic heterocycles. The lowest BCUT2D eigenvalue weighted by atomic mass is 10.1. The quantitative estimate of drug-likeness (QED) is 0.669. The van der Waals surface area contributed by atoms with Crippen molar-refractivity contribution in [1.29, 1.82) is 5.26 Å². The Hall–Kier alpha value is -1.47. The number of carbonyl (C=O) groups is 1. The molecule has 4 heteroatoms. The first-order valence-corrected chi connectivity index (χ1v) is 3.98. The summed E-state index contributed by atoms with van der Waals surface area (Å²) in [5, 5.41) is 17.4. The molecule has 0 atom stereocenters. The third-order valence-electron chi connectivity index (χ3n) is 1.69. The van der Waals surface area contributed by atoms with Gasteiger partial charge >= 0.3 is 5.97 Å². The van der Waals surface area contributed by atoms with E-state index in [1.54, 1.807) is 13.0 Å². The molecule has 0 aromatic heterocycles. The van der Waals surface area contributed by atoms with Crippen molar-refractivity contribution in [1.82, 2.24) is 0 Å². The fourth-order valence-corrected chi connectivity index (χ4v) is 1.32. The van der Waals surface area contributed by atoms with Crippen LogP contribution < -0.4 is 0 Å². The van der Waals surface area contributed by atoms with E-state index >= 15 is 0 Å². The normalized spacial score (nSPS) is 9.31. The van der Waals surface area contributed by atoms with E-state index in [2.05, 4.69) is 12.6 Å². The Balaban J connectivity index is 3.41. The summed E-state index contributed by atoms with van der Waals surface area (Å²) >= 11 is 4.05. The second-order valence-corrected chi connectivity index (χ2v) is 3.08. The number of rotatable bonds is 1. The molecule has 0 aliphatic carbocycles. The summed E-state index contributed by atoms with van der Waals surface area (Å²) in [5.74, 6) is -1.03. The molecule has 0 spiro atoms. The van der Waals surface area contributed by atoms with E-state index in [1.807, 2.05) is 6.07 Å². The summed E-state index contributed by atoms with van der Waals surface area (Å²) in [5.41, 5.74) is 1.04. The topological polar surface area (TPSA) is 61.1 Å². The van der Waals surface area contributed by atoms with Gasteiger partial charge in [0, 0.05) is 4.90 Å². The van der Waals surface area contributed by atoms with E-state index < -0.39 is 5.97 Å². The van der Waals surface area contributed by atoms with Gasteiger partial charge in [-0.2, -0.15) is 5.26 Å². The Morgan fingerprint density at radius 1 is 1.62 bits per heavy atom. The zero-order valence-corrected chi connectivity index (χ0v) is 7.80. The molecule has 1 rings (SSSR count). The number of nitrogens with zero attached hydrogens (tertiary/aromatic N) is 1. The van der Waals surface area contributed by atoms with Crippen molar-refractivity contribution in [2.24, 2.45) is 0 Å². The first-order chi connectivity index (χ1) is 6.06. The van der Waals surface area contributed by atoms with Gasteiger partial charge in [0.2, 0.25) is 0 Å². The smallest absolute Gasteiger partial charge is 0.335 e. The number of carboxylic acids is 1. The van der Waals surface area contributed by atoms with Crippen LogP contribution in [-0.4, -0.2) is 11.1 Å². The first-order valence-electron chi connectivity index (χ1n) is 3.53. The molecule has 13 heavy (non-hydrogen) atoms. The highest BCUT2D eigenvalue weighted by Crippen LogP contribution is 2.18. The van der Waals surface area contributed by atoms with Gasteiger partial charge in [-0.25, -0.2) is 4.79 Å².